The van der Waals surface area contributed by atoms with E-state index in [1.165, 1.54) is 16.7 Å². The lowest BCUT2D eigenvalue weighted by atomic mass is 10.2. The molecule has 0 aliphatic rings. The lowest BCUT2D eigenvalue weighted by Crippen LogP contribution is -2.09. The Labute approximate surface area is 84.9 Å². The fraction of sp³-hybridized carbons (Fsp3) is 0.100. The Balaban J connectivity index is 2.64. The summed E-state index contributed by atoms with van der Waals surface area (Å²) in [6.07, 6.45) is 1.59. The monoisotopic (exact) mass is 211 g/mol. The molecule has 1 aromatic carbocycles. The molecule has 0 fully saturated rings. The van der Waals surface area contributed by atoms with Gasteiger partial charge in [0.1, 0.15) is 11.7 Å². The number of benzene rings is 1. The SMILES string of the molecule is O=C(CCl)n1ccc2cc(F)ccc21. The van der Waals surface area contributed by atoms with E-state index in [0.717, 1.165) is 0 Å². The summed E-state index contributed by atoms with van der Waals surface area (Å²) in [6, 6.07) is 5.95. The third kappa shape index (κ3) is 1.40. The van der Waals surface area contributed by atoms with Crippen LogP contribution in [-0.2, 0) is 0 Å². The molecule has 2 aromatic rings. The Morgan fingerprint density at radius 3 is 2.93 bits per heavy atom. The molecule has 0 N–H and O–H groups in total. The van der Waals surface area contributed by atoms with Gasteiger partial charge in [0.2, 0.25) is 5.91 Å². The van der Waals surface area contributed by atoms with Crippen molar-refractivity contribution in [2.24, 2.45) is 0 Å². The minimum Gasteiger partial charge on any atom is -0.286 e. The maximum absolute atomic E-state index is 12.8. The topological polar surface area (TPSA) is 22.0 Å². The molecule has 1 aromatic heterocycles. The van der Waals surface area contributed by atoms with Crippen LogP contribution in [0.4, 0.5) is 4.39 Å². The Hall–Kier alpha value is -1.35. The molecule has 0 saturated heterocycles. The van der Waals surface area contributed by atoms with E-state index in [4.69, 9.17) is 11.6 Å². The molecule has 4 heteroatoms. The van der Waals surface area contributed by atoms with Gasteiger partial charge in [0.05, 0.1) is 5.52 Å². The second-order valence-electron chi connectivity index (χ2n) is 2.92. The van der Waals surface area contributed by atoms with Crippen molar-refractivity contribution in [2.45, 2.75) is 0 Å². The summed E-state index contributed by atoms with van der Waals surface area (Å²) >= 11 is 5.43. The normalized spacial score (nSPS) is 10.7. The van der Waals surface area contributed by atoms with E-state index >= 15 is 0 Å². The molecule has 0 amide bonds. The number of carbonyl (C=O) groups excluding carboxylic acids is 1. The van der Waals surface area contributed by atoms with Crippen LogP contribution in [0.15, 0.2) is 30.5 Å². The largest absolute Gasteiger partial charge is 0.286 e. The van der Waals surface area contributed by atoms with E-state index in [0.29, 0.717) is 10.9 Å². The first-order chi connectivity index (χ1) is 6.72. The van der Waals surface area contributed by atoms with Crippen LogP contribution in [0.25, 0.3) is 10.9 Å². The number of halogens is 2. The van der Waals surface area contributed by atoms with Gasteiger partial charge in [-0.15, -0.1) is 11.6 Å². The van der Waals surface area contributed by atoms with Crippen LogP contribution in [0.1, 0.15) is 4.79 Å². The Morgan fingerprint density at radius 2 is 2.21 bits per heavy atom. The van der Waals surface area contributed by atoms with Crippen molar-refractivity contribution < 1.29 is 9.18 Å². The fourth-order valence-corrected chi connectivity index (χ4v) is 1.52. The molecule has 0 radical (unpaired) electrons. The summed E-state index contributed by atoms with van der Waals surface area (Å²) in [4.78, 5) is 11.3. The predicted octanol–water partition coefficient (Wildman–Crippen LogP) is 2.66. The van der Waals surface area contributed by atoms with Gasteiger partial charge in [0, 0.05) is 11.6 Å². The first kappa shape index (κ1) is 9.21. The second kappa shape index (κ2) is 3.42. The molecule has 2 nitrogen and oxygen atoms in total. The number of hydrogen-bond acceptors (Lipinski definition) is 1. The molecule has 0 aliphatic carbocycles. The Bertz CT molecular complexity index is 492. The number of alkyl halides is 1. The number of nitrogens with zero attached hydrogens (tertiary/aromatic N) is 1. The average molecular weight is 212 g/mol. The van der Waals surface area contributed by atoms with Crippen LogP contribution in [-0.4, -0.2) is 16.4 Å². The number of carbonyl (C=O) groups is 1. The van der Waals surface area contributed by atoms with Gasteiger partial charge in [-0.3, -0.25) is 9.36 Å². The van der Waals surface area contributed by atoms with Gasteiger partial charge in [-0.25, -0.2) is 4.39 Å². The maximum atomic E-state index is 12.8. The molecule has 0 unspecified atom stereocenters. The smallest absolute Gasteiger partial charge is 0.245 e. The van der Waals surface area contributed by atoms with Gasteiger partial charge < -0.3 is 0 Å². The molecule has 14 heavy (non-hydrogen) atoms. The Morgan fingerprint density at radius 1 is 1.43 bits per heavy atom. The molecule has 0 bridgehead atoms. The van der Waals surface area contributed by atoms with Gasteiger partial charge in [-0.1, -0.05) is 0 Å². The van der Waals surface area contributed by atoms with Crippen molar-refractivity contribution in [2.75, 3.05) is 5.88 Å². The lowest BCUT2D eigenvalue weighted by molar-refractivity contribution is 0.0945. The van der Waals surface area contributed by atoms with Crippen molar-refractivity contribution >= 4 is 28.4 Å². The Kier molecular flexibility index (Phi) is 2.25. The highest BCUT2D eigenvalue weighted by Gasteiger charge is 2.07. The van der Waals surface area contributed by atoms with Gasteiger partial charge >= 0.3 is 0 Å². The predicted molar refractivity (Wildman–Crippen MR) is 53.2 cm³/mol. The molecule has 0 saturated carbocycles. The van der Waals surface area contributed by atoms with Crippen molar-refractivity contribution in [1.82, 2.24) is 4.57 Å². The second-order valence-corrected chi connectivity index (χ2v) is 3.18. The van der Waals surface area contributed by atoms with E-state index in [1.54, 1.807) is 18.3 Å². The van der Waals surface area contributed by atoms with Gasteiger partial charge in [-0.05, 0) is 24.3 Å². The number of fused-ring (bicyclic) bond motifs is 1. The average Bonchev–Trinajstić information content (AvgIpc) is 2.59. The van der Waals surface area contributed by atoms with Crippen LogP contribution in [0.3, 0.4) is 0 Å². The molecule has 2 rings (SSSR count). The highest BCUT2D eigenvalue weighted by molar-refractivity contribution is 6.28. The summed E-state index contributed by atoms with van der Waals surface area (Å²) < 4.78 is 14.2. The zero-order valence-corrected chi connectivity index (χ0v) is 7.96. The van der Waals surface area contributed by atoms with Gasteiger partial charge in [0.25, 0.3) is 0 Å². The quantitative estimate of drug-likeness (QED) is 0.665. The third-order valence-corrected chi connectivity index (χ3v) is 2.26. The van der Waals surface area contributed by atoms with E-state index in [2.05, 4.69) is 0 Å². The summed E-state index contributed by atoms with van der Waals surface area (Å²) in [5, 5.41) is 0.698. The first-order valence-electron chi connectivity index (χ1n) is 4.08. The molecule has 72 valence electrons. The van der Waals surface area contributed by atoms with E-state index < -0.39 is 0 Å². The summed E-state index contributed by atoms with van der Waals surface area (Å²) in [6.45, 7) is 0. The van der Waals surface area contributed by atoms with Gasteiger partial charge in [-0.2, -0.15) is 0 Å². The van der Waals surface area contributed by atoms with Crippen molar-refractivity contribution in [3.8, 4) is 0 Å². The number of aromatic nitrogens is 1. The van der Waals surface area contributed by atoms with E-state index in [9.17, 15) is 9.18 Å². The lowest BCUT2D eigenvalue weighted by Gasteiger charge is -1.99. The van der Waals surface area contributed by atoms with Crippen LogP contribution < -0.4 is 0 Å². The minimum absolute atomic E-state index is 0.0822. The van der Waals surface area contributed by atoms with Gasteiger partial charge in [0.15, 0.2) is 0 Å². The van der Waals surface area contributed by atoms with E-state index in [-0.39, 0.29) is 17.6 Å². The molecule has 0 atom stereocenters. The number of rotatable bonds is 1. The summed E-state index contributed by atoms with van der Waals surface area (Å²) in [7, 11) is 0. The molecular formula is C10H7ClFNO. The minimum atomic E-state index is -0.312. The standard InChI is InChI=1S/C10H7ClFNO/c11-6-10(14)13-4-3-7-5-8(12)1-2-9(7)13/h1-5H,6H2. The van der Waals surface area contributed by atoms with Crippen molar-refractivity contribution in [1.29, 1.82) is 0 Å². The fourth-order valence-electron chi connectivity index (χ4n) is 1.40. The summed E-state index contributed by atoms with van der Waals surface area (Å²) in [5.74, 6) is -0.608. The van der Waals surface area contributed by atoms with Crippen LogP contribution in [0.5, 0.6) is 0 Å². The van der Waals surface area contributed by atoms with E-state index in [1.807, 2.05) is 0 Å². The number of hydrogen-bond donors (Lipinski definition) is 0. The highest BCUT2D eigenvalue weighted by atomic mass is 35.5. The van der Waals surface area contributed by atoms with Crippen LogP contribution >= 0.6 is 11.6 Å². The first-order valence-corrected chi connectivity index (χ1v) is 4.61. The molecule has 0 aliphatic heterocycles. The molecule has 0 spiro atoms. The molecular weight excluding hydrogens is 205 g/mol. The zero-order valence-electron chi connectivity index (χ0n) is 7.21. The van der Waals surface area contributed by atoms with Crippen molar-refractivity contribution in [3.05, 3.63) is 36.3 Å². The maximum Gasteiger partial charge on any atom is 0.245 e. The van der Waals surface area contributed by atoms with Crippen LogP contribution in [0, 0.1) is 5.82 Å². The third-order valence-electron chi connectivity index (χ3n) is 2.04. The molecule has 1 heterocycles. The van der Waals surface area contributed by atoms with Crippen molar-refractivity contribution in [3.63, 3.8) is 0 Å². The van der Waals surface area contributed by atoms with Crippen LogP contribution in [0.2, 0.25) is 0 Å². The zero-order chi connectivity index (χ0) is 10.1. The summed E-state index contributed by atoms with van der Waals surface area (Å²) in [5.41, 5.74) is 0.678. The highest BCUT2D eigenvalue weighted by Crippen LogP contribution is 2.16.